The normalized spacial score (nSPS) is 12.7. The van der Waals surface area contributed by atoms with Crippen LogP contribution in [0.3, 0.4) is 0 Å². The van der Waals surface area contributed by atoms with Crippen LogP contribution in [0.15, 0.2) is 10.9 Å². The van der Waals surface area contributed by atoms with Gasteiger partial charge in [0.05, 0.1) is 17.6 Å². The van der Waals surface area contributed by atoms with Crippen LogP contribution in [-0.2, 0) is 4.79 Å². The van der Waals surface area contributed by atoms with Gasteiger partial charge in [-0.05, 0) is 6.92 Å². The van der Waals surface area contributed by atoms with Crippen LogP contribution in [-0.4, -0.2) is 22.6 Å². The Kier molecular flexibility index (Phi) is 3.85. The van der Waals surface area contributed by atoms with E-state index in [9.17, 15) is 4.79 Å². The summed E-state index contributed by atoms with van der Waals surface area (Å²) in [5.74, 6) is -0.780. The van der Waals surface area contributed by atoms with Crippen LogP contribution in [0.4, 0.5) is 0 Å². The molecule has 0 fully saturated rings. The number of aliphatic carboxylic acids is 1. The number of rotatable bonds is 5. The third-order valence-electron chi connectivity index (χ3n) is 1.68. The Labute approximate surface area is 80.6 Å². The maximum absolute atomic E-state index is 10.2. The number of carboxylic acids is 1. The second kappa shape index (κ2) is 4.94. The minimum absolute atomic E-state index is 0.130. The number of carbonyl (C=O) groups is 1. The van der Waals surface area contributed by atoms with Gasteiger partial charge in [-0.15, -0.1) is 11.3 Å². The highest BCUT2D eigenvalue weighted by Gasteiger charge is 2.06. The van der Waals surface area contributed by atoms with Gasteiger partial charge in [0.1, 0.15) is 0 Å². The molecule has 5 heteroatoms. The molecule has 0 saturated carbocycles. The smallest absolute Gasteiger partial charge is 0.304 e. The molecule has 0 radical (unpaired) electrons. The molecule has 0 aliphatic heterocycles. The Hall–Kier alpha value is -0.940. The summed E-state index contributed by atoms with van der Waals surface area (Å²) in [6.45, 7) is 2.45. The highest BCUT2D eigenvalue weighted by Crippen LogP contribution is 2.11. The van der Waals surface area contributed by atoms with Gasteiger partial charge < -0.3 is 10.4 Å². The summed E-state index contributed by atoms with van der Waals surface area (Å²) < 4.78 is 0. The SMILES string of the molecule is CC(NCCC(=O)O)c1cscn1. The fourth-order valence-corrected chi connectivity index (χ4v) is 1.58. The quantitative estimate of drug-likeness (QED) is 0.751. The predicted molar refractivity (Wildman–Crippen MR) is 50.8 cm³/mol. The van der Waals surface area contributed by atoms with Gasteiger partial charge in [-0.1, -0.05) is 0 Å². The van der Waals surface area contributed by atoms with Crippen molar-refractivity contribution in [2.75, 3.05) is 6.54 Å². The molecule has 0 saturated heterocycles. The molecular formula is C8H12N2O2S. The third kappa shape index (κ3) is 3.52. The van der Waals surface area contributed by atoms with Crippen LogP contribution < -0.4 is 5.32 Å². The van der Waals surface area contributed by atoms with E-state index in [2.05, 4.69) is 10.3 Å². The van der Waals surface area contributed by atoms with E-state index in [0.29, 0.717) is 6.54 Å². The van der Waals surface area contributed by atoms with E-state index in [1.807, 2.05) is 12.3 Å². The van der Waals surface area contributed by atoms with Crippen molar-refractivity contribution in [3.63, 3.8) is 0 Å². The van der Waals surface area contributed by atoms with Crippen LogP contribution >= 0.6 is 11.3 Å². The molecule has 1 aromatic heterocycles. The number of hydrogen-bond donors (Lipinski definition) is 2. The lowest BCUT2D eigenvalue weighted by atomic mass is 10.2. The molecule has 0 spiro atoms. The van der Waals surface area contributed by atoms with Gasteiger partial charge in [-0.3, -0.25) is 4.79 Å². The van der Waals surface area contributed by atoms with Gasteiger partial charge in [-0.2, -0.15) is 0 Å². The summed E-state index contributed by atoms with van der Waals surface area (Å²) in [6, 6.07) is 0.130. The first-order valence-electron chi connectivity index (χ1n) is 4.03. The Morgan fingerprint density at radius 3 is 3.15 bits per heavy atom. The van der Waals surface area contributed by atoms with E-state index < -0.39 is 5.97 Å². The standard InChI is InChI=1S/C8H12N2O2S/c1-6(7-4-13-5-10-7)9-3-2-8(11)12/h4-6,9H,2-3H2,1H3,(H,11,12). The number of aromatic nitrogens is 1. The highest BCUT2D eigenvalue weighted by atomic mass is 32.1. The molecule has 1 aromatic rings. The average molecular weight is 200 g/mol. The van der Waals surface area contributed by atoms with Gasteiger partial charge in [0.2, 0.25) is 0 Å². The average Bonchev–Trinajstić information content (AvgIpc) is 2.55. The Morgan fingerprint density at radius 1 is 1.85 bits per heavy atom. The van der Waals surface area contributed by atoms with Crippen LogP contribution in [0.5, 0.6) is 0 Å². The molecule has 72 valence electrons. The molecule has 13 heavy (non-hydrogen) atoms. The van der Waals surface area contributed by atoms with Crippen LogP contribution in [0.2, 0.25) is 0 Å². The zero-order valence-electron chi connectivity index (χ0n) is 7.36. The summed E-state index contributed by atoms with van der Waals surface area (Å²) in [5.41, 5.74) is 2.74. The fraction of sp³-hybridized carbons (Fsp3) is 0.500. The summed E-state index contributed by atoms with van der Waals surface area (Å²) >= 11 is 1.54. The maximum Gasteiger partial charge on any atom is 0.304 e. The lowest BCUT2D eigenvalue weighted by molar-refractivity contribution is -0.136. The van der Waals surface area contributed by atoms with Crippen LogP contribution in [0.1, 0.15) is 25.1 Å². The van der Waals surface area contributed by atoms with Gasteiger partial charge >= 0.3 is 5.97 Å². The van der Waals surface area contributed by atoms with E-state index in [1.165, 1.54) is 0 Å². The first-order chi connectivity index (χ1) is 6.20. The van der Waals surface area contributed by atoms with Crippen LogP contribution in [0.25, 0.3) is 0 Å². The van der Waals surface area contributed by atoms with Crippen molar-refractivity contribution in [1.82, 2.24) is 10.3 Å². The predicted octanol–water partition coefficient (Wildman–Crippen LogP) is 1.27. The summed E-state index contributed by atoms with van der Waals surface area (Å²) in [7, 11) is 0. The number of hydrogen-bond acceptors (Lipinski definition) is 4. The third-order valence-corrected chi connectivity index (χ3v) is 2.29. The van der Waals surface area contributed by atoms with Crippen molar-refractivity contribution in [1.29, 1.82) is 0 Å². The van der Waals surface area contributed by atoms with E-state index in [-0.39, 0.29) is 12.5 Å². The van der Waals surface area contributed by atoms with Gasteiger partial charge in [-0.25, -0.2) is 4.98 Å². The van der Waals surface area contributed by atoms with Crippen LogP contribution in [0, 0.1) is 0 Å². The number of thiazole rings is 1. The van der Waals surface area contributed by atoms with E-state index in [0.717, 1.165) is 5.69 Å². The maximum atomic E-state index is 10.2. The Balaban J connectivity index is 2.26. The Bertz CT molecular complexity index is 261. The topological polar surface area (TPSA) is 62.2 Å². The summed E-state index contributed by atoms with van der Waals surface area (Å²) in [6.07, 6.45) is 0.147. The van der Waals surface area contributed by atoms with Crippen molar-refractivity contribution in [2.24, 2.45) is 0 Å². The fourth-order valence-electron chi connectivity index (χ4n) is 0.936. The molecule has 0 aliphatic rings. The molecule has 2 N–H and O–H groups in total. The zero-order valence-corrected chi connectivity index (χ0v) is 8.17. The molecular weight excluding hydrogens is 188 g/mol. The Morgan fingerprint density at radius 2 is 2.62 bits per heavy atom. The first kappa shape index (κ1) is 10.1. The van der Waals surface area contributed by atoms with E-state index in [1.54, 1.807) is 16.8 Å². The molecule has 0 aliphatic carbocycles. The number of nitrogens with one attached hydrogen (secondary N) is 1. The second-order valence-corrected chi connectivity index (χ2v) is 3.45. The molecule has 4 nitrogen and oxygen atoms in total. The monoisotopic (exact) mass is 200 g/mol. The molecule has 0 bridgehead atoms. The van der Waals surface area contributed by atoms with Crippen molar-refractivity contribution in [3.05, 3.63) is 16.6 Å². The van der Waals surface area contributed by atoms with E-state index >= 15 is 0 Å². The molecule has 0 amide bonds. The minimum atomic E-state index is -0.780. The highest BCUT2D eigenvalue weighted by molar-refractivity contribution is 7.07. The largest absolute Gasteiger partial charge is 0.481 e. The zero-order chi connectivity index (χ0) is 9.68. The molecule has 1 rings (SSSR count). The minimum Gasteiger partial charge on any atom is -0.481 e. The number of carboxylic acid groups (broad SMARTS) is 1. The molecule has 1 heterocycles. The second-order valence-electron chi connectivity index (χ2n) is 2.73. The number of nitrogens with zero attached hydrogens (tertiary/aromatic N) is 1. The molecule has 0 aromatic carbocycles. The summed E-state index contributed by atoms with van der Waals surface area (Å²) in [5, 5.41) is 13.4. The van der Waals surface area contributed by atoms with Crippen molar-refractivity contribution < 1.29 is 9.90 Å². The molecule has 1 unspecified atom stereocenters. The van der Waals surface area contributed by atoms with Gasteiger partial charge in [0.15, 0.2) is 0 Å². The van der Waals surface area contributed by atoms with Crippen molar-refractivity contribution in [2.45, 2.75) is 19.4 Å². The lowest BCUT2D eigenvalue weighted by Crippen LogP contribution is -2.22. The van der Waals surface area contributed by atoms with Gasteiger partial charge in [0, 0.05) is 18.0 Å². The van der Waals surface area contributed by atoms with E-state index in [4.69, 9.17) is 5.11 Å². The first-order valence-corrected chi connectivity index (χ1v) is 4.97. The van der Waals surface area contributed by atoms with Crippen molar-refractivity contribution >= 4 is 17.3 Å². The lowest BCUT2D eigenvalue weighted by Gasteiger charge is -2.09. The summed E-state index contributed by atoms with van der Waals surface area (Å²) in [4.78, 5) is 14.3. The molecule has 1 atom stereocenters. The van der Waals surface area contributed by atoms with Gasteiger partial charge in [0.25, 0.3) is 0 Å². The van der Waals surface area contributed by atoms with Crippen molar-refractivity contribution in [3.8, 4) is 0 Å².